The molecule has 0 saturated carbocycles. The molecule has 33 heavy (non-hydrogen) atoms. The highest BCUT2D eigenvalue weighted by Crippen LogP contribution is 2.36. The van der Waals surface area contributed by atoms with Crippen molar-refractivity contribution in [2.75, 3.05) is 5.32 Å². The smallest absolute Gasteiger partial charge is 0.420 e. The van der Waals surface area contributed by atoms with Crippen LogP contribution in [0.5, 0.6) is 5.75 Å². The second kappa shape index (κ2) is 9.30. The quantitative estimate of drug-likeness (QED) is 0.356. The van der Waals surface area contributed by atoms with Gasteiger partial charge in [-0.2, -0.15) is 0 Å². The highest BCUT2D eigenvalue weighted by Gasteiger charge is 2.27. The molecule has 0 radical (unpaired) electrons. The van der Waals surface area contributed by atoms with Crippen LogP contribution < -0.4 is 10.1 Å². The minimum absolute atomic E-state index is 0.0749. The molecule has 0 aliphatic heterocycles. The Morgan fingerprint density at radius 2 is 1.70 bits per heavy atom. The summed E-state index contributed by atoms with van der Waals surface area (Å²) in [4.78, 5) is 24.9. The summed E-state index contributed by atoms with van der Waals surface area (Å²) in [5.74, 6) is -0.388. The number of benzene rings is 2. The zero-order valence-electron chi connectivity index (χ0n) is 17.3. The van der Waals surface area contributed by atoms with Gasteiger partial charge in [-0.3, -0.25) is 9.78 Å². The van der Waals surface area contributed by atoms with Crippen molar-refractivity contribution in [2.45, 2.75) is 12.5 Å². The molecule has 0 saturated heterocycles. The number of anilines is 1. The monoisotopic (exact) mass is 466 g/mol. The fourth-order valence-electron chi connectivity index (χ4n) is 3.29. The number of amides is 1. The molecule has 0 aliphatic rings. The molecule has 2 aromatic heterocycles. The molecule has 0 bridgehead atoms. The van der Waals surface area contributed by atoms with Crippen molar-refractivity contribution in [2.24, 2.45) is 0 Å². The summed E-state index contributed by atoms with van der Waals surface area (Å²) >= 11 is 4.85. The predicted molar refractivity (Wildman–Crippen MR) is 121 cm³/mol. The molecule has 1 amide bonds. The molecule has 0 aliphatic carbocycles. The van der Waals surface area contributed by atoms with Crippen LogP contribution in [0.25, 0.3) is 22.3 Å². The molecule has 2 aromatic carbocycles. The summed E-state index contributed by atoms with van der Waals surface area (Å²) in [6.45, 7) is 1.86. The minimum atomic E-state index is -3.80. The van der Waals surface area contributed by atoms with Gasteiger partial charge in [-0.15, -0.1) is 8.78 Å². The van der Waals surface area contributed by atoms with Gasteiger partial charge in [-0.25, -0.2) is 9.97 Å². The van der Waals surface area contributed by atoms with Gasteiger partial charge in [0.15, 0.2) is 0 Å². The van der Waals surface area contributed by atoms with E-state index in [9.17, 15) is 13.6 Å². The van der Waals surface area contributed by atoms with Crippen molar-refractivity contribution < 1.29 is 18.3 Å². The van der Waals surface area contributed by atoms with Crippen molar-refractivity contribution in [1.29, 1.82) is 0 Å². The summed E-state index contributed by atoms with van der Waals surface area (Å²) in [6, 6.07) is 13.2. The van der Waals surface area contributed by atoms with Crippen molar-refractivity contribution in [3.63, 3.8) is 0 Å². The average Bonchev–Trinajstić information content (AvgIpc) is 2.81. The highest BCUT2D eigenvalue weighted by molar-refractivity contribution is 6.20. The van der Waals surface area contributed by atoms with Gasteiger partial charge in [-0.05, 0) is 65.6 Å². The molecular formula is C24H17ClF2N4O2. The van der Waals surface area contributed by atoms with Crippen LogP contribution in [0.1, 0.15) is 15.9 Å². The van der Waals surface area contributed by atoms with Gasteiger partial charge >= 0.3 is 5.57 Å². The zero-order chi connectivity index (χ0) is 23.4. The van der Waals surface area contributed by atoms with Crippen LogP contribution in [-0.2, 0) is 0 Å². The maximum Gasteiger partial charge on any atom is 0.487 e. The molecule has 0 fully saturated rings. The van der Waals surface area contributed by atoms with E-state index in [1.165, 1.54) is 24.7 Å². The second-order valence-electron chi connectivity index (χ2n) is 7.09. The molecule has 2 heterocycles. The number of hydrogen-bond donors (Lipinski definition) is 1. The molecule has 4 aromatic rings. The van der Waals surface area contributed by atoms with Crippen molar-refractivity contribution in [3.05, 3.63) is 90.8 Å². The summed E-state index contributed by atoms with van der Waals surface area (Å²) in [5.41, 5.74) is 0.999. The number of halogens is 3. The van der Waals surface area contributed by atoms with Gasteiger partial charge in [0.2, 0.25) is 0 Å². The Balaban J connectivity index is 1.76. The number of ether oxygens (including phenoxy) is 1. The first-order chi connectivity index (χ1) is 15.8. The Hall–Kier alpha value is -3.91. The number of nitrogens with one attached hydrogen (secondary N) is 1. The lowest BCUT2D eigenvalue weighted by atomic mass is 9.94. The first-order valence-corrected chi connectivity index (χ1v) is 10.2. The largest absolute Gasteiger partial charge is 0.487 e. The maximum absolute atomic E-state index is 12.9. The van der Waals surface area contributed by atoms with Gasteiger partial charge in [0.25, 0.3) is 5.91 Å². The van der Waals surface area contributed by atoms with Crippen LogP contribution in [0.3, 0.4) is 0 Å². The topological polar surface area (TPSA) is 77.0 Å². The Bertz CT molecular complexity index is 1270. The van der Waals surface area contributed by atoms with Crippen LogP contribution in [0.15, 0.2) is 79.6 Å². The number of alkyl halides is 3. The van der Waals surface area contributed by atoms with Crippen molar-refractivity contribution >= 4 is 23.2 Å². The number of aromatic nitrogens is 3. The molecule has 0 unspecified atom stereocenters. The molecule has 9 heteroatoms. The number of carbonyl (C=O) groups is 1. The van der Waals surface area contributed by atoms with E-state index in [2.05, 4.69) is 25.0 Å². The third-order valence-corrected chi connectivity index (χ3v) is 4.95. The molecule has 1 N–H and O–H groups in total. The van der Waals surface area contributed by atoms with E-state index in [0.29, 0.717) is 11.3 Å². The van der Waals surface area contributed by atoms with Crippen molar-refractivity contribution in [1.82, 2.24) is 15.0 Å². The first kappa shape index (κ1) is 22.3. The number of nitrogens with zero attached hydrogens (tertiary/aromatic N) is 3. The van der Waals surface area contributed by atoms with Gasteiger partial charge in [-0.1, -0.05) is 12.1 Å². The van der Waals surface area contributed by atoms with E-state index >= 15 is 0 Å². The second-order valence-corrected chi connectivity index (χ2v) is 7.53. The molecule has 6 nitrogen and oxygen atoms in total. The Morgan fingerprint density at radius 1 is 0.970 bits per heavy atom. The third kappa shape index (κ3) is 5.48. The van der Waals surface area contributed by atoms with Crippen LogP contribution in [0.4, 0.5) is 14.5 Å². The lowest BCUT2D eigenvalue weighted by molar-refractivity contribution is -0.0964. The first-order valence-electron chi connectivity index (χ1n) is 9.78. The lowest BCUT2D eigenvalue weighted by Crippen LogP contribution is -2.15. The Labute approximate surface area is 193 Å². The number of rotatable bonds is 6. The predicted octanol–water partition coefficient (Wildman–Crippen LogP) is 5.93. The zero-order valence-corrected chi connectivity index (χ0v) is 18.1. The normalized spacial score (nSPS) is 11.2. The van der Waals surface area contributed by atoms with Crippen LogP contribution in [0.2, 0.25) is 0 Å². The van der Waals surface area contributed by atoms with E-state index < -0.39 is 5.57 Å². The Morgan fingerprint density at radius 3 is 2.33 bits per heavy atom. The summed E-state index contributed by atoms with van der Waals surface area (Å²) in [7, 11) is 0. The average molecular weight is 467 g/mol. The van der Waals surface area contributed by atoms with E-state index in [-0.39, 0.29) is 11.7 Å². The van der Waals surface area contributed by atoms with E-state index in [0.717, 1.165) is 27.8 Å². The van der Waals surface area contributed by atoms with E-state index in [1.54, 1.807) is 42.9 Å². The van der Waals surface area contributed by atoms with Crippen LogP contribution >= 0.6 is 11.6 Å². The van der Waals surface area contributed by atoms with Crippen LogP contribution in [0, 0.1) is 6.92 Å². The van der Waals surface area contributed by atoms with E-state index in [4.69, 9.17) is 11.6 Å². The van der Waals surface area contributed by atoms with Crippen molar-refractivity contribution in [3.8, 4) is 28.0 Å². The number of pyridine rings is 1. The summed E-state index contributed by atoms with van der Waals surface area (Å²) < 4.78 is 30.3. The molecule has 0 spiro atoms. The summed E-state index contributed by atoms with van der Waals surface area (Å²) in [5, 5.41) is 2.93. The maximum atomic E-state index is 12.9. The van der Waals surface area contributed by atoms with Gasteiger partial charge in [0, 0.05) is 47.6 Å². The number of hydrogen-bond acceptors (Lipinski definition) is 5. The Kier molecular flexibility index (Phi) is 6.28. The molecule has 0 atom stereocenters. The SMILES string of the molecule is Cc1c(NC(=O)c2cccnc2)cc(-c2cncnc2)cc1-c1ccc(OC(F)(F)Cl)cc1. The standard InChI is InChI=1S/C24H17ClF2N4O2/c1-15-21(16-4-6-20(7-5-16)33-24(25,26)27)9-18(19-12-29-14-30-13-19)10-22(15)31-23(32)17-3-2-8-28-11-17/h2-14H,1H3,(H,31,32). The van der Waals surface area contributed by atoms with Crippen LogP contribution in [-0.4, -0.2) is 26.4 Å². The minimum Gasteiger partial charge on any atom is -0.420 e. The van der Waals surface area contributed by atoms with Gasteiger partial charge in [0.1, 0.15) is 12.1 Å². The van der Waals surface area contributed by atoms with Gasteiger partial charge in [0.05, 0.1) is 5.56 Å². The molecule has 4 rings (SSSR count). The lowest BCUT2D eigenvalue weighted by Gasteiger charge is -2.16. The number of carbonyl (C=O) groups excluding carboxylic acids is 1. The van der Waals surface area contributed by atoms with E-state index in [1.807, 2.05) is 19.1 Å². The fourth-order valence-corrected chi connectivity index (χ4v) is 3.38. The van der Waals surface area contributed by atoms with Gasteiger partial charge < -0.3 is 10.1 Å². The third-order valence-electron chi connectivity index (χ3n) is 4.87. The molecule has 166 valence electrons. The highest BCUT2D eigenvalue weighted by atomic mass is 35.5. The fraction of sp³-hybridized carbons (Fsp3) is 0.0833. The molecular weight excluding hydrogens is 450 g/mol. The summed E-state index contributed by atoms with van der Waals surface area (Å²) in [6.07, 6.45) is 7.81.